The first-order valence-electron chi connectivity index (χ1n) is 11.6. The molecule has 6 saturated heterocycles. The van der Waals surface area contributed by atoms with Crippen LogP contribution in [-0.4, -0.2) is 103 Å². The third kappa shape index (κ3) is 7.87. The molecule has 0 radical (unpaired) electrons. The van der Waals surface area contributed by atoms with Crippen molar-refractivity contribution in [3.63, 3.8) is 0 Å². The van der Waals surface area contributed by atoms with Gasteiger partial charge >= 0.3 is 43.0 Å². The molecule has 0 aromatic rings. The molecule has 0 aromatic heterocycles. The number of ether oxygens (including phenoxy) is 1. The molecule has 6 rings (SSSR count). The Balaban J connectivity index is 1.26. The lowest BCUT2D eigenvalue weighted by atomic mass is 9.99. The second kappa shape index (κ2) is 14.6. The normalized spacial score (nSPS) is 37.5. The van der Waals surface area contributed by atoms with Gasteiger partial charge in [0.2, 0.25) is 0 Å². The Morgan fingerprint density at radius 2 is 0.811 bits per heavy atom. The molecule has 0 N–H and O–H groups in total. The van der Waals surface area contributed by atoms with E-state index >= 15 is 0 Å². The van der Waals surface area contributed by atoms with Gasteiger partial charge in [0.25, 0.3) is 0 Å². The highest BCUT2D eigenvalue weighted by molar-refractivity contribution is 7.43. The highest BCUT2D eigenvalue weighted by Gasteiger charge is 2.55. The van der Waals surface area contributed by atoms with Crippen molar-refractivity contribution < 1.29 is 72.6 Å². The number of hydrogen-bond acceptors (Lipinski definition) is 16. The molecule has 21 heteroatoms. The summed E-state index contributed by atoms with van der Waals surface area (Å²) >= 11 is 0. The van der Waals surface area contributed by atoms with Gasteiger partial charge in [-0.25, -0.2) is 0 Å². The summed E-state index contributed by atoms with van der Waals surface area (Å²) in [5.74, 6) is 0. The zero-order valence-electron chi connectivity index (χ0n) is 19.4. The lowest BCUT2D eigenvalue weighted by Crippen LogP contribution is -2.60. The van der Waals surface area contributed by atoms with Crippen molar-refractivity contribution in [1.82, 2.24) is 0 Å². The molecular weight excluding hydrogens is 603 g/mol. The Labute approximate surface area is 219 Å². The topological polar surface area (TPSA) is 148 Å². The lowest BCUT2D eigenvalue weighted by molar-refractivity contribution is -0.264. The van der Waals surface area contributed by atoms with Crippen LogP contribution in [0.4, 0.5) is 0 Å². The number of rotatable bonds is 11. The van der Waals surface area contributed by atoms with E-state index in [9.17, 15) is 0 Å². The van der Waals surface area contributed by atoms with E-state index in [0.29, 0.717) is 66.1 Å². The van der Waals surface area contributed by atoms with E-state index in [-0.39, 0.29) is 6.61 Å². The molecule has 212 valence electrons. The molecule has 37 heavy (non-hydrogen) atoms. The van der Waals surface area contributed by atoms with Gasteiger partial charge in [-0.05, 0) is 0 Å². The van der Waals surface area contributed by atoms with Gasteiger partial charge in [0.15, 0.2) is 6.29 Å². The molecule has 0 aromatic carbocycles. The Hall–Kier alpha value is 1.51. The monoisotopic (exact) mass is 630 g/mol. The predicted octanol–water partition coefficient (Wildman–Crippen LogP) is 3.27. The van der Waals surface area contributed by atoms with Gasteiger partial charge in [0.1, 0.15) is 24.4 Å². The fourth-order valence-corrected chi connectivity index (χ4v) is 8.76. The SMILES string of the molecule is C1COP(OC[C@H]2O[C@H](OP3OCCO3)[C@H](OP3OCCO3)[C@@H](OP3OCCO3)[C@@H]2OP2OCCO2)O1. The minimum absolute atomic E-state index is 0.0347. The maximum atomic E-state index is 6.35. The van der Waals surface area contributed by atoms with E-state index in [0.717, 1.165) is 0 Å². The van der Waals surface area contributed by atoms with Gasteiger partial charge in [-0.15, -0.1) is 0 Å². The van der Waals surface area contributed by atoms with E-state index in [1.54, 1.807) is 0 Å². The third-order valence-corrected chi connectivity index (χ3v) is 11.1. The Morgan fingerprint density at radius 1 is 0.432 bits per heavy atom. The maximum Gasteiger partial charge on any atom is 0.335 e. The first-order chi connectivity index (χ1) is 18.3. The smallest absolute Gasteiger partial charge is 0.335 e. The van der Waals surface area contributed by atoms with Crippen molar-refractivity contribution in [3.05, 3.63) is 0 Å². The summed E-state index contributed by atoms with van der Waals surface area (Å²) in [6.07, 6.45) is -4.32. The maximum absolute atomic E-state index is 6.35. The second-order valence-electron chi connectivity index (χ2n) is 7.60. The van der Waals surface area contributed by atoms with E-state index in [1.807, 2.05) is 0 Å². The summed E-state index contributed by atoms with van der Waals surface area (Å²) in [6, 6.07) is 0. The van der Waals surface area contributed by atoms with Crippen molar-refractivity contribution in [1.29, 1.82) is 0 Å². The number of hydrogen-bond donors (Lipinski definition) is 0. The molecule has 0 bridgehead atoms. The fraction of sp³-hybridized carbons (Fsp3) is 1.00. The highest BCUT2D eigenvalue weighted by Crippen LogP contribution is 2.56. The van der Waals surface area contributed by atoms with Crippen LogP contribution in [0.15, 0.2) is 0 Å². The lowest BCUT2D eigenvalue weighted by Gasteiger charge is -2.45. The van der Waals surface area contributed by atoms with Crippen molar-refractivity contribution in [2.24, 2.45) is 0 Å². The molecule has 0 unspecified atom stereocenters. The molecule has 6 fully saturated rings. The molecule has 0 aliphatic carbocycles. The molecule has 0 saturated carbocycles. The zero-order chi connectivity index (χ0) is 24.9. The quantitative estimate of drug-likeness (QED) is 0.307. The molecule has 6 heterocycles. The molecule has 0 amide bonds. The van der Waals surface area contributed by atoms with Crippen LogP contribution in [0.5, 0.6) is 0 Å². The Morgan fingerprint density at radius 3 is 1.30 bits per heavy atom. The van der Waals surface area contributed by atoms with Gasteiger partial charge in [-0.2, -0.15) is 0 Å². The minimum Gasteiger partial charge on any atom is -0.341 e. The molecule has 5 atom stereocenters. The van der Waals surface area contributed by atoms with Gasteiger partial charge < -0.3 is 68.1 Å². The average molecular weight is 630 g/mol. The summed E-state index contributed by atoms with van der Waals surface area (Å²) in [5.41, 5.74) is 0. The van der Waals surface area contributed by atoms with Crippen LogP contribution >= 0.6 is 43.0 Å². The average Bonchev–Trinajstić information content (AvgIpc) is 3.74. The molecule has 6 aliphatic rings. The summed E-state index contributed by atoms with van der Waals surface area (Å²) in [4.78, 5) is 0. The van der Waals surface area contributed by atoms with Crippen LogP contribution < -0.4 is 0 Å². The van der Waals surface area contributed by atoms with Gasteiger partial charge in [0, 0.05) is 0 Å². The fourth-order valence-electron chi connectivity index (χ4n) is 3.60. The van der Waals surface area contributed by atoms with Crippen LogP contribution in [0.25, 0.3) is 0 Å². The van der Waals surface area contributed by atoms with E-state index < -0.39 is 73.7 Å². The first-order valence-corrected chi connectivity index (χ1v) is 17.0. The Bertz CT molecular complexity index is 688. The van der Waals surface area contributed by atoms with E-state index in [4.69, 9.17) is 72.6 Å². The minimum atomic E-state index is -1.69. The summed E-state index contributed by atoms with van der Waals surface area (Å²) in [5, 5.41) is 0. The largest absolute Gasteiger partial charge is 0.341 e. The van der Waals surface area contributed by atoms with Crippen LogP contribution in [0.1, 0.15) is 0 Å². The van der Waals surface area contributed by atoms with E-state index in [1.165, 1.54) is 0 Å². The van der Waals surface area contributed by atoms with Crippen molar-refractivity contribution in [3.8, 4) is 0 Å². The highest BCUT2D eigenvalue weighted by atomic mass is 31.2. The predicted molar refractivity (Wildman–Crippen MR) is 124 cm³/mol. The van der Waals surface area contributed by atoms with Gasteiger partial charge in [-0.1, -0.05) is 0 Å². The van der Waals surface area contributed by atoms with Crippen molar-refractivity contribution in [2.75, 3.05) is 72.7 Å². The van der Waals surface area contributed by atoms with Crippen molar-refractivity contribution >= 4 is 43.0 Å². The summed E-state index contributed by atoms with van der Waals surface area (Å²) in [7, 11) is -8.24. The standard InChI is InChI=1S/C16H27O16P5/c1-2-18-33(17-1)27-11-12-13(29-34-19-3-4-20-34)14(30-35-21-5-6-22-35)15(31-36-23-7-8-24-36)16(28-12)32-37-25-9-10-26-37/h12-16H,1-11H2/t12-,13-,14+,15-,16-/m1/s1. The van der Waals surface area contributed by atoms with Crippen LogP contribution in [0.2, 0.25) is 0 Å². The second-order valence-corrected chi connectivity index (χ2v) is 13.5. The summed E-state index contributed by atoms with van der Waals surface area (Å²) < 4.78 is 92.9. The molecule has 0 spiro atoms. The zero-order valence-corrected chi connectivity index (χ0v) is 23.9. The van der Waals surface area contributed by atoms with Gasteiger partial charge in [-0.3, -0.25) is 4.52 Å². The van der Waals surface area contributed by atoms with E-state index in [2.05, 4.69) is 0 Å². The van der Waals surface area contributed by atoms with Crippen LogP contribution in [-0.2, 0) is 72.6 Å². The Kier molecular flexibility index (Phi) is 11.3. The van der Waals surface area contributed by atoms with Crippen LogP contribution in [0, 0.1) is 0 Å². The van der Waals surface area contributed by atoms with Crippen LogP contribution in [0.3, 0.4) is 0 Å². The third-order valence-electron chi connectivity index (χ3n) is 5.13. The molecule has 6 aliphatic heterocycles. The summed E-state index contributed by atoms with van der Waals surface area (Å²) in [6.45, 7) is 4.21. The van der Waals surface area contributed by atoms with Crippen molar-refractivity contribution in [2.45, 2.75) is 30.7 Å². The first kappa shape index (κ1) is 28.6. The molecular formula is C16H27O16P5. The molecule has 16 nitrogen and oxygen atoms in total. The van der Waals surface area contributed by atoms with Gasteiger partial charge in [0.05, 0.1) is 72.7 Å².